The third-order valence-corrected chi connectivity index (χ3v) is 5.53. The van der Waals surface area contributed by atoms with Gasteiger partial charge < -0.3 is 14.7 Å². The number of aryl methyl sites for hydroxylation is 1. The van der Waals surface area contributed by atoms with E-state index in [-0.39, 0.29) is 12.5 Å². The maximum absolute atomic E-state index is 12.9. The molecule has 0 aliphatic carbocycles. The van der Waals surface area contributed by atoms with Crippen LogP contribution in [0, 0.1) is 6.92 Å². The maximum Gasteiger partial charge on any atom is 0.250 e. The number of hydrogen-bond acceptors (Lipinski definition) is 5. The quantitative estimate of drug-likeness (QED) is 0.639. The highest BCUT2D eigenvalue weighted by Crippen LogP contribution is 2.14. The number of aromatic nitrogens is 4. The van der Waals surface area contributed by atoms with Crippen LogP contribution in [-0.2, 0) is 11.3 Å². The van der Waals surface area contributed by atoms with Crippen molar-refractivity contribution in [2.45, 2.75) is 13.5 Å². The number of nitrogens with zero attached hydrogens (tertiary/aromatic N) is 6. The van der Waals surface area contributed by atoms with Crippen molar-refractivity contribution in [3.05, 3.63) is 65.7 Å². The first-order valence-corrected chi connectivity index (χ1v) is 10.3. The van der Waals surface area contributed by atoms with E-state index in [1.165, 1.54) is 16.0 Å². The predicted octanol–water partition coefficient (Wildman–Crippen LogP) is 0.334. The molecule has 1 aliphatic heterocycles. The van der Waals surface area contributed by atoms with Gasteiger partial charge in [-0.25, -0.2) is 0 Å². The molecular weight excluding hydrogens is 378 g/mol. The van der Waals surface area contributed by atoms with Gasteiger partial charge in [0.1, 0.15) is 6.54 Å². The molecule has 1 aromatic heterocycles. The normalized spacial score (nSPS) is 14.7. The Morgan fingerprint density at radius 1 is 1.10 bits per heavy atom. The van der Waals surface area contributed by atoms with Crippen molar-refractivity contribution in [2.24, 2.45) is 0 Å². The molecule has 8 nitrogen and oxygen atoms in total. The van der Waals surface area contributed by atoms with Crippen LogP contribution in [0.3, 0.4) is 0 Å². The van der Waals surface area contributed by atoms with Crippen LogP contribution in [0.4, 0.5) is 5.95 Å². The molecule has 0 atom stereocenters. The first-order valence-electron chi connectivity index (χ1n) is 10.3. The highest BCUT2D eigenvalue weighted by molar-refractivity contribution is 5.81. The molecule has 0 unspecified atom stereocenters. The molecule has 30 heavy (non-hydrogen) atoms. The number of carbonyl (C=O) groups is 1. The number of quaternary nitrogens is 1. The molecule has 4 rings (SSSR count). The zero-order valence-corrected chi connectivity index (χ0v) is 17.5. The van der Waals surface area contributed by atoms with E-state index >= 15 is 0 Å². The largest absolute Gasteiger partial charge is 0.333 e. The second kappa shape index (κ2) is 9.04. The van der Waals surface area contributed by atoms with Crippen LogP contribution < -0.4 is 9.80 Å². The summed E-state index contributed by atoms with van der Waals surface area (Å²) in [5.41, 5.74) is 3.52. The van der Waals surface area contributed by atoms with E-state index in [1.807, 2.05) is 42.3 Å². The molecule has 156 valence electrons. The first-order chi connectivity index (χ1) is 14.6. The van der Waals surface area contributed by atoms with E-state index in [0.717, 1.165) is 38.4 Å². The van der Waals surface area contributed by atoms with Gasteiger partial charge in [0.2, 0.25) is 5.91 Å². The Hall–Kier alpha value is -3.26. The number of anilines is 1. The van der Waals surface area contributed by atoms with E-state index in [9.17, 15) is 4.79 Å². The van der Waals surface area contributed by atoms with E-state index in [4.69, 9.17) is 0 Å². The Morgan fingerprint density at radius 2 is 1.87 bits per heavy atom. The van der Waals surface area contributed by atoms with E-state index < -0.39 is 0 Å². The van der Waals surface area contributed by atoms with Gasteiger partial charge in [-0.3, -0.25) is 4.79 Å². The zero-order chi connectivity index (χ0) is 20.9. The topological polar surface area (TPSA) is 71.6 Å². The average Bonchev–Trinajstić information content (AvgIpc) is 3.25. The predicted molar refractivity (Wildman–Crippen MR) is 115 cm³/mol. The number of amides is 1. The van der Waals surface area contributed by atoms with Gasteiger partial charge in [-0.15, -0.1) is 0 Å². The van der Waals surface area contributed by atoms with Crippen molar-refractivity contribution < 1.29 is 9.69 Å². The maximum atomic E-state index is 12.9. The number of tetrazole rings is 1. The van der Waals surface area contributed by atoms with Gasteiger partial charge in [0, 0.05) is 12.6 Å². The lowest BCUT2D eigenvalue weighted by Crippen LogP contribution is -3.13. The zero-order valence-electron chi connectivity index (χ0n) is 17.5. The van der Waals surface area contributed by atoms with Gasteiger partial charge in [0.15, 0.2) is 0 Å². The minimum Gasteiger partial charge on any atom is -0.333 e. The van der Waals surface area contributed by atoms with Crippen LogP contribution in [0.15, 0.2) is 54.6 Å². The summed E-state index contributed by atoms with van der Waals surface area (Å²) in [5, 5.41) is 12.0. The summed E-state index contributed by atoms with van der Waals surface area (Å²) in [4.78, 5) is 18.1. The van der Waals surface area contributed by atoms with Crippen molar-refractivity contribution in [3.63, 3.8) is 0 Å². The molecule has 0 radical (unpaired) electrons. The number of hydrogen-bond donors (Lipinski definition) is 1. The van der Waals surface area contributed by atoms with Crippen LogP contribution >= 0.6 is 0 Å². The highest BCUT2D eigenvalue weighted by atomic mass is 16.2. The van der Waals surface area contributed by atoms with Crippen molar-refractivity contribution >= 4 is 11.9 Å². The van der Waals surface area contributed by atoms with Crippen LogP contribution in [0.2, 0.25) is 0 Å². The summed E-state index contributed by atoms with van der Waals surface area (Å²) >= 11 is 0. The summed E-state index contributed by atoms with van der Waals surface area (Å²) in [6, 6.07) is 18.4. The Balaban J connectivity index is 1.32. The summed E-state index contributed by atoms with van der Waals surface area (Å²) in [7, 11) is 1.85. The molecule has 1 fully saturated rings. The molecule has 1 saturated heterocycles. The number of benzene rings is 2. The van der Waals surface area contributed by atoms with Gasteiger partial charge >= 0.3 is 0 Å². The molecule has 1 amide bonds. The molecule has 0 spiro atoms. The fraction of sp³-hybridized carbons (Fsp3) is 0.364. The number of nitrogens with one attached hydrogen (secondary N) is 1. The third-order valence-electron chi connectivity index (χ3n) is 5.53. The molecule has 0 bridgehead atoms. The first kappa shape index (κ1) is 20.0. The Bertz CT molecular complexity index is 980. The molecular formula is C22H28N7O+. The second-order valence-electron chi connectivity index (χ2n) is 7.88. The van der Waals surface area contributed by atoms with Crippen LogP contribution in [0.25, 0.3) is 5.69 Å². The molecule has 0 saturated carbocycles. The molecule has 2 aromatic carbocycles. The molecule has 8 heteroatoms. The minimum atomic E-state index is 0.106. The average molecular weight is 407 g/mol. The van der Waals surface area contributed by atoms with Gasteiger partial charge in [-0.2, -0.15) is 4.68 Å². The number of rotatable bonds is 6. The Labute approximate surface area is 176 Å². The molecule has 2 heterocycles. The number of likely N-dealkylation sites (N-methyl/N-ethyl adjacent to an activating group) is 1. The van der Waals surface area contributed by atoms with E-state index in [1.54, 1.807) is 9.58 Å². The number of piperazine rings is 1. The van der Waals surface area contributed by atoms with Gasteiger partial charge in [0.05, 0.1) is 38.4 Å². The minimum absolute atomic E-state index is 0.106. The van der Waals surface area contributed by atoms with Gasteiger partial charge in [-0.05, 0) is 29.5 Å². The number of para-hydroxylation sites is 1. The second-order valence-corrected chi connectivity index (χ2v) is 7.88. The smallest absolute Gasteiger partial charge is 0.250 e. The standard InChI is InChI=1S/C22H27N7O/c1-18-7-6-8-19(15-18)16-27-11-13-28(14-12-27)21(30)17-26(2)22-23-24-25-29(22)20-9-4-3-5-10-20/h3-10,15H,11-14,16-17H2,1-2H3/p+1. The SMILES string of the molecule is Cc1cccc(C[NH+]2CCN(C(=O)CN(C)c3nnnn3-c3ccccc3)CC2)c1. The van der Waals surface area contributed by atoms with Crippen molar-refractivity contribution in [3.8, 4) is 5.69 Å². The summed E-state index contributed by atoms with van der Waals surface area (Å²) in [5.74, 6) is 0.660. The van der Waals surface area contributed by atoms with Gasteiger partial charge in [-0.1, -0.05) is 53.1 Å². The van der Waals surface area contributed by atoms with Crippen molar-refractivity contribution in [1.29, 1.82) is 0 Å². The van der Waals surface area contributed by atoms with Crippen LogP contribution in [0.5, 0.6) is 0 Å². The van der Waals surface area contributed by atoms with Crippen molar-refractivity contribution in [2.75, 3.05) is 44.7 Å². The summed E-state index contributed by atoms with van der Waals surface area (Å²) in [6.07, 6.45) is 0. The molecule has 1 N–H and O–H groups in total. The molecule has 1 aliphatic rings. The fourth-order valence-electron chi connectivity index (χ4n) is 3.89. The lowest BCUT2D eigenvalue weighted by molar-refractivity contribution is -0.917. The van der Waals surface area contributed by atoms with E-state index in [0.29, 0.717) is 5.95 Å². The fourth-order valence-corrected chi connectivity index (χ4v) is 3.89. The summed E-state index contributed by atoms with van der Waals surface area (Å²) in [6.45, 7) is 6.86. The Kier molecular flexibility index (Phi) is 6.04. The van der Waals surface area contributed by atoms with Crippen LogP contribution in [0.1, 0.15) is 11.1 Å². The van der Waals surface area contributed by atoms with Gasteiger partial charge in [0.25, 0.3) is 5.95 Å². The lowest BCUT2D eigenvalue weighted by Gasteiger charge is -2.33. The monoisotopic (exact) mass is 406 g/mol. The highest BCUT2D eigenvalue weighted by Gasteiger charge is 2.25. The van der Waals surface area contributed by atoms with Crippen LogP contribution in [-0.4, -0.2) is 70.8 Å². The number of carbonyl (C=O) groups excluding carboxylic acids is 1. The van der Waals surface area contributed by atoms with E-state index in [2.05, 4.69) is 46.7 Å². The Morgan fingerprint density at radius 3 is 2.60 bits per heavy atom. The molecule has 3 aromatic rings. The summed E-state index contributed by atoms with van der Waals surface area (Å²) < 4.78 is 1.65. The van der Waals surface area contributed by atoms with Crippen molar-refractivity contribution in [1.82, 2.24) is 25.1 Å². The third kappa shape index (κ3) is 4.65. The lowest BCUT2D eigenvalue weighted by atomic mass is 10.1.